The number of rotatable bonds is 4. The molecule has 8 aromatic rings. The van der Waals surface area contributed by atoms with E-state index in [1.807, 2.05) is 6.07 Å². The van der Waals surface area contributed by atoms with Gasteiger partial charge in [-0.3, -0.25) is 0 Å². The molecular formula is C48H37NO. The first-order valence-electron chi connectivity index (χ1n) is 17.6. The van der Waals surface area contributed by atoms with Crippen molar-refractivity contribution < 1.29 is 4.42 Å². The molecule has 2 nitrogen and oxygen atoms in total. The van der Waals surface area contributed by atoms with Crippen molar-refractivity contribution in [1.29, 1.82) is 0 Å². The first-order valence-corrected chi connectivity index (χ1v) is 17.6. The number of para-hydroxylation sites is 1. The SMILES string of the molecule is CC1(C)c2ccccc2-c2ccc(N(c3ccc4c(c3)oc3ccccc34)c3cc4c(cc3-c3ccccc3)-c3ccccc3C4(C)C)cc21. The molecule has 2 aliphatic carbocycles. The van der Waals surface area contributed by atoms with Crippen molar-refractivity contribution in [1.82, 2.24) is 0 Å². The van der Waals surface area contributed by atoms with Crippen LogP contribution >= 0.6 is 0 Å². The molecule has 1 aromatic heterocycles. The Hall–Kier alpha value is -5.86. The molecule has 7 aromatic carbocycles. The zero-order valence-corrected chi connectivity index (χ0v) is 28.8. The predicted molar refractivity (Wildman–Crippen MR) is 209 cm³/mol. The minimum atomic E-state index is -0.147. The monoisotopic (exact) mass is 643 g/mol. The average Bonchev–Trinajstić information content (AvgIpc) is 3.71. The fraction of sp³-hybridized carbons (Fsp3) is 0.125. The van der Waals surface area contributed by atoms with Crippen molar-refractivity contribution in [2.24, 2.45) is 0 Å². The van der Waals surface area contributed by atoms with Crippen LogP contribution in [0.1, 0.15) is 49.9 Å². The molecule has 0 radical (unpaired) electrons. The minimum absolute atomic E-state index is 0.125. The maximum Gasteiger partial charge on any atom is 0.137 e. The molecule has 0 fully saturated rings. The normalized spacial score (nSPS) is 14.7. The Morgan fingerprint density at radius 1 is 0.400 bits per heavy atom. The summed E-state index contributed by atoms with van der Waals surface area (Å²) in [6.45, 7) is 9.45. The summed E-state index contributed by atoms with van der Waals surface area (Å²) in [7, 11) is 0. The molecule has 0 amide bonds. The first kappa shape index (κ1) is 29.1. The van der Waals surface area contributed by atoms with E-state index in [4.69, 9.17) is 4.42 Å². The lowest BCUT2D eigenvalue weighted by Gasteiger charge is -2.31. The molecule has 10 rings (SSSR count). The van der Waals surface area contributed by atoms with E-state index in [0.29, 0.717) is 0 Å². The van der Waals surface area contributed by atoms with Gasteiger partial charge in [0.1, 0.15) is 11.2 Å². The highest BCUT2D eigenvalue weighted by atomic mass is 16.3. The Morgan fingerprint density at radius 3 is 1.72 bits per heavy atom. The van der Waals surface area contributed by atoms with E-state index >= 15 is 0 Å². The van der Waals surface area contributed by atoms with Gasteiger partial charge in [-0.05, 0) is 92.5 Å². The summed E-state index contributed by atoms with van der Waals surface area (Å²) in [5, 5.41) is 2.27. The Kier molecular flexibility index (Phi) is 6.01. The predicted octanol–water partition coefficient (Wildman–Crippen LogP) is 13.3. The standard InChI is InChI=1S/C48H37NO/c1-47(2)40-19-11-8-16-33(40)35-24-22-31(26-42(35)47)49(32-23-25-37-36-18-10-13-21-45(36)50-46(37)27-32)44-29-43-39(28-38(44)30-14-6-5-7-15-30)34-17-9-12-20-41(34)48(43,3)4/h5-29H,1-4H3. The van der Waals surface area contributed by atoms with Crippen LogP contribution in [0.15, 0.2) is 156 Å². The molecule has 0 aliphatic heterocycles. The van der Waals surface area contributed by atoms with E-state index in [1.54, 1.807) is 0 Å². The van der Waals surface area contributed by atoms with Crippen LogP contribution in [0.5, 0.6) is 0 Å². The highest BCUT2D eigenvalue weighted by molar-refractivity contribution is 6.06. The molecule has 2 heteroatoms. The lowest BCUT2D eigenvalue weighted by Crippen LogP contribution is -2.18. The van der Waals surface area contributed by atoms with Crippen LogP contribution < -0.4 is 4.90 Å². The highest BCUT2D eigenvalue weighted by Gasteiger charge is 2.38. The quantitative estimate of drug-likeness (QED) is 0.190. The van der Waals surface area contributed by atoms with Gasteiger partial charge >= 0.3 is 0 Å². The van der Waals surface area contributed by atoms with E-state index in [0.717, 1.165) is 39.0 Å². The van der Waals surface area contributed by atoms with Crippen molar-refractivity contribution in [3.05, 3.63) is 174 Å². The molecule has 0 N–H and O–H groups in total. The Bertz CT molecular complexity index is 2660. The maximum absolute atomic E-state index is 6.50. The van der Waals surface area contributed by atoms with Gasteiger partial charge in [-0.1, -0.05) is 131 Å². The average molecular weight is 644 g/mol. The van der Waals surface area contributed by atoms with Crippen molar-refractivity contribution in [3.8, 4) is 33.4 Å². The number of fused-ring (bicyclic) bond motifs is 9. The lowest BCUT2D eigenvalue weighted by atomic mass is 9.81. The Morgan fingerprint density at radius 2 is 0.960 bits per heavy atom. The molecule has 240 valence electrons. The molecule has 0 saturated carbocycles. The van der Waals surface area contributed by atoms with Gasteiger partial charge in [-0.15, -0.1) is 0 Å². The summed E-state index contributed by atoms with van der Waals surface area (Å²) in [6, 6.07) is 55.7. The number of furan rings is 1. The van der Waals surface area contributed by atoms with Crippen LogP contribution in [0.4, 0.5) is 17.1 Å². The zero-order valence-electron chi connectivity index (χ0n) is 28.8. The summed E-state index contributed by atoms with van der Waals surface area (Å²) < 4.78 is 6.50. The van der Waals surface area contributed by atoms with E-state index < -0.39 is 0 Å². The van der Waals surface area contributed by atoms with E-state index in [1.165, 1.54) is 55.6 Å². The second-order valence-corrected chi connectivity index (χ2v) is 15.0. The van der Waals surface area contributed by atoms with Crippen molar-refractivity contribution in [2.75, 3.05) is 4.90 Å². The number of benzene rings is 7. The van der Waals surface area contributed by atoms with E-state index in [-0.39, 0.29) is 10.8 Å². The van der Waals surface area contributed by atoms with Gasteiger partial charge in [-0.2, -0.15) is 0 Å². The zero-order chi connectivity index (χ0) is 33.8. The number of hydrogen-bond acceptors (Lipinski definition) is 2. The summed E-state index contributed by atoms with van der Waals surface area (Å²) in [5.74, 6) is 0. The molecule has 0 saturated heterocycles. The van der Waals surface area contributed by atoms with Crippen LogP contribution in [-0.2, 0) is 10.8 Å². The second-order valence-electron chi connectivity index (χ2n) is 15.0. The van der Waals surface area contributed by atoms with Gasteiger partial charge in [0.05, 0.1) is 5.69 Å². The van der Waals surface area contributed by atoms with E-state index in [2.05, 4.69) is 178 Å². The van der Waals surface area contributed by atoms with Gasteiger partial charge in [0.15, 0.2) is 0 Å². The van der Waals surface area contributed by atoms with E-state index in [9.17, 15) is 0 Å². The molecule has 0 spiro atoms. The third-order valence-corrected chi connectivity index (χ3v) is 11.5. The van der Waals surface area contributed by atoms with Gasteiger partial charge in [0.25, 0.3) is 0 Å². The van der Waals surface area contributed by atoms with Gasteiger partial charge in [-0.25, -0.2) is 0 Å². The van der Waals surface area contributed by atoms with Crippen LogP contribution in [0, 0.1) is 0 Å². The van der Waals surface area contributed by atoms with Crippen molar-refractivity contribution in [3.63, 3.8) is 0 Å². The smallest absolute Gasteiger partial charge is 0.137 e. The summed E-state index contributed by atoms with van der Waals surface area (Å²) in [5.41, 5.74) is 18.0. The van der Waals surface area contributed by atoms with Crippen molar-refractivity contribution in [2.45, 2.75) is 38.5 Å². The largest absolute Gasteiger partial charge is 0.456 e. The molecule has 2 aliphatic rings. The molecule has 1 heterocycles. The molecule has 50 heavy (non-hydrogen) atoms. The fourth-order valence-electron chi connectivity index (χ4n) is 8.88. The lowest BCUT2D eigenvalue weighted by molar-refractivity contribution is 0.660. The van der Waals surface area contributed by atoms with Crippen LogP contribution in [-0.4, -0.2) is 0 Å². The first-order chi connectivity index (χ1) is 24.3. The number of hydrogen-bond donors (Lipinski definition) is 0. The fourth-order valence-corrected chi connectivity index (χ4v) is 8.88. The van der Waals surface area contributed by atoms with Crippen LogP contribution in [0.3, 0.4) is 0 Å². The van der Waals surface area contributed by atoms with Crippen LogP contribution in [0.2, 0.25) is 0 Å². The number of nitrogens with zero attached hydrogens (tertiary/aromatic N) is 1. The summed E-state index contributed by atoms with van der Waals surface area (Å²) in [6.07, 6.45) is 0. The van der Waals surface area contributed by atoms with Crippen molar-refractivity contribution >= 4 is 39.0 Å². The Labute approximate surface area is 293 Å². The maximum atomic E-state index is 6.50. The van der Waals surface area contributed by atoms with Gasteiger partial charge < -0.3 is 9.32 Å². The molecule has 0 bridgehead atoms. The van der Waals surface area contributed by atoms with Gasteiger partial charge in [0.2, 0.25) is 0 Å². The van der Waals surface area contributed by atoms with Crippen LogP contribution in [0.25, 0.3) is 55.3 Å². The Balaban J connectivity index is 1.27. The molecular weight excluding hydrogens is 607 g/mol. The summed E-state index contributed by atoms with van der Waals surface area (Å²) in [4.78, 5) is 2.47. The second kappa shape index (κ2) is 10.3. The number of anilines is 3. The topological polar surface area (TPSA) is 16.4 Å². The highest BCUT2D eigenvalue weighted by Crippen LogP contribution is 2.55. The summed E-state index contributed by atoms with van der Waals surface area (Å²) >= 11 is 0. The van der Waals surface area contributed by atoms with Gasteiger partial charge in [0, 0.05) is 44.6 Å². The third-order valence-electron chi connectivity index (χ3n) is 11.5. The minimum Gasteiger partial charge on any atom is -0.456 e. The molecule has 0 unspecified atom stereocenters. The molecule has 0 atom stereocenters. The third kappa shape index (κ3) is 4.02.